The monoisotopic (exact) mass is 280 g/mol. The second-order valence-corrected chi connectivity index (χ2v) is 5.95. The van der Waals surface area contributed by atoms with E-state index in [1.54, 1.807) is 20.8 Å². The van der Waals surface area contributed by atoms with Crippen molar-refractivity contribution in [3.05, 3.63) is 11.5 Å². The quantitative estimate of drug-likeness (QED) is 0.747. The molecule has 17 heavy (non-hydrogen) atoms. The average molecular weight is 281 g/mol. The molecular weight excluding hydrogens is 264 g/mol. The van der Waals surface area contributed by atoms with Crippen molar-refractivity contribution in [1.29, 1.82) is 0 Å². The molecule has 1 aromatic heterocycles. The van der Waals surface area contributed by atoms with Crippen molar-refractivity contribution in [2.45, 2.75) is 32.1 Å². The fraction of sp³-hybridized carbons (Fsp3) is 0.700. The van der Waals surface area contributed by atoms with E-state index in [1.807, 2.05) is 0 Å². The summed E-state index contributed by atoms with van der Waals surface area (Å²) in [4.78, 5) is 0.175. The molecule has 0 fully saturated rings. The fourth-order valence-electron chi connectivity index (χ4n) is 1.66. The number of halogens is 1. The Hall–Kier alpha value is -0.590. The maximum Gasteiger partial charge on any atom is 0.248 e. The molecule has 98 valence electrons. The van der Waals surface area contributed by atoms with Gasteiger partial charge in [0.2, 0.25) is 10.0 Å². The molecule has 1 aromatic rings. The highest BCUT2D eigenvalue weighted by Gasteiger charge is 2.29. The van der Waals surface area contributed by atoms with Gasteiger partial charge in [0.25, 0.3) is 0 Å². The van der Waals surface area contributed by atoms with Gasteiger partial charge in [0.1, 0.15) is 10.6 Å². The van der Waals surface area contributed by atoms with Gasteiger partial charge in [0, 0.05) is 19.0 Å². The van der Waals surface area contributed by atoms with E-state index in [-0.39, 0.29) is 4.90 Å². The number of sulfonamides is 1. The molecule has 1 heterocycles. The van der Waals surface area contributed by atoms with Crippen LogP contribution in [0, 0.1) is 13.8 Å². The molecule has 7 heteroatoms. The zero-order valence-electron chi connectivity index (χ0n) is 10.2. The topological polar surface area (TPSA) is 63.4 Å². The average Bonchev–Trinajstić information content (AvgIpc) is 2.59. The van der Waals surface area contributed by atoms with Gasteiger partial charge < -0.3 is 4.52 Å². The molecule has 0 saturated carbocycles. The van der Waals surface area contributed by atoms with E-state index in [2.05, 4.69) is 5.16 Å². The summed E-state index contributed by atoms with van der Waals surface area (Å²) >= 11 is 5.59. The van der Waals surface area contributed by atoms with E-state index in [1.165, 1.54) is 4.31 Å². The lowest BCUT2D eigenvalue weighted by atomic mass is 10.4. The molecule has 0 unspecified atom stereocenters. The van der Waals surface area contributed by atoms with Crippen LogP contribution in [0.25, 0.3) is 0 Å². The Morgan fingerprint density at radius 2 is 2.06 bits per heavy atom. The molecule has 0 aliphatic heterocycles. The normalized spacial score (nSPS) is 12.3. The number of alkyl halides is 1. The first-order valence-electron chi connectivity index (χ1n) is 5.44. The van der Waals surface area contributed by atoms with Crippen molar-refractivity contribution in [3.8, 4) is 0 Å². The molecule has 1 rings (SSSR count). The predicted octanol–water partition coefficient (Wildman–Crippen LogP) is 1.93. The number of hydrogen-bond donors (Lipinski definition) is 0. The predicted molar refractivity (Wildman–Crippen MR) is 65.7 cm³/mol. The molecule has 0 amide bonds. The summed E-state index contributed by atoms with van der Waals surface area (Å²) in [7, 11) is -3.52. The molecule has 0 aliphatic carbocycles. The summed E-state index contributed by atoms with van der Waals surface area (Å²) in [5, 5.41) is 3.67. The van der Waals surface area contributed by atoms with Crippen molar-refractivity contribution in [2.24, 2.45) is 0 Å². The third kappa shape index (κ3) is 3.00. The first-order valence-corrected chi connectivity index (χ1v) is 7.41. The maximum atomic E-state index is 12.4. The van der Waals surface area contributed by atoms with E-state index < -0.39 is 10.0 Å². The highest BCUT2D eigenvalue weighted by molar-refractivity contribution is 7.89. The van der Waals surface area contributed by atoms with E-state index in [4.69, 9.17) is 16.1 Å². The summed E-state index contributed by atoms with van der Waals surface area (Å²) in [6.45, 7) is 5.83. The largest absolute Gasteiger partial charge is 0.360 e. The first-order chi connectivity index (χ1) is 7.95. The summed E-state index contributed by atoms with van der Waals surface area (Å²) in [5.41, 5.74) is 0.395. The number of aromatic nitrogens is 1. The van der Waals surface area contributed by atoms with Gasteiger partial charge in [-0.15, -0.1) is 11.6 Å². The highest BCUT2D eigenvalue weighted by atomic mass is 35.5. The van der Waals surface area contributed by atoms with Crippen molar-refractivity contribution in [2.75, 3.05) is 19.0 Å². The van der Waals surface area contributed by atoms with Crippen molar-refractivity contribution in [1.82, 2.24) is 9.46 Å². The summed E-state index contributed by atoms with van der Waals surface area (Å²) in [5.74, 6) is 0.764. The summed E-state index contributed by atoms with van der Waals surface area (Å²) in [6.07, 6.45) is 0.623. The molecule has 0 N–H and O–H groups in total. The Morgan fingerprint density at radius 3 is 2.47 bits per heavy atom. The zero-order valence-corrected chi connectivity index (χ0v) is 11.8. The van der Waals surface area contributed by atoms with E-state index in [0.29, 0.717) is 36.8 Å². The van der Waals surface area contributed by atoms with Gasteiger partial charge >= 0.3 is 0 Å². The van der Waals surface area contributed by atoms with Crippen LogP contribution in [0.5, 0.6) is 0 Å². The number of nitrogens with zero attached hydrogens (tertiary/aromatic N) is 2. The molecule has 0 radical (unpaired) electrons. The minimum absolute atomic E-state index is 0.175. The van der Waals surface area contributed by atoms with Crippen molar-refractivity contribution in [3.63, 3.8) is 0 Å². The van der Waals surface area contributed by atoms with E-state index >= 15 is 0 Å². The van der Waals surface area contributed by atoms with Gasteiger partial charge in [-0.05, 0) is 20.3 Å². The molecule has 0 bridgehead atoms. The summed E-state index contributed by atoms with van der Waals surface area (Å²) in [6, 6.07) is 0. The van der Waals surface area contributed by atoms with Gasteiger partial charge in [-0.25, -0.2) is 8.42 Å². The smallest absolute Gasteiger partial charge is 0.248 e. The third-order valence-corrected chi connectivity index (χ3v) is 4.95. The Kier molecular flexibility index (Phi) is 4.97. The van der Waals surface area contributed by atoms with Crippen LogP contribution in [0.3, 0.4) is 0 Å². The molecule has 0 saturated heterocycles. The minimum atomic E-state index is -3.52. The van der Waals surface area contributed by atoms with Crippen LogP contribution < -0.4 is 0 Å². The van der Waals surface area contributed by atoms with Crippen LogP contribution >= 0.6 is 11.6 Å². The van der Waals surface area contributed by atoms with Crippen LogP contribution in [0.15, 0.2) is 9.42 Å². The Balaban J connectivity index is 3.09. The van der Waals surface area contributed by atoms with Gasteiger partial charge in [-0.1, -0.05) is 12.1 Å². The lowest BCUT2D eigenvalue weighted by Crippen LogP contribution is -2.32. The fourth-order valence-corrected chi connectivity index (χ4v) is 3.55. The zero-order chi connectivity index (χ0) is 13.1. The SMILES string of the molecule is CCN(CCCCl)S(=O)(=O)c1c(C)noc1C. The van der Waals surface area contributed by atoms with Crippen LogP contribution in [-0.2, 0) is 10.0 Å². The molecular formula is C10H17ClN2O3S. The Labute approximate surface area is 107 Å². The maximum absolute atomic E-state index is 12.4. The Bertz CT molecular complexity index is 450. The van der Waals surface area contributed by atoms with Crippen LogP contribution in [0.2, 0.25) is 0 Å². The number of rotatable bonds is 6. The third-order valence-electron chi connectivity index (χ3n) is 2.46. The van der Waals surface area contributed by atoms with Gasteiger partial charge in [0.15, 0.2) is 5.76 Å². The molecule has 0 spiro atoms. The van der Waals surface area contributed by atoms with E-state index in [0.717, 1.165) is 0 Å². The molecule has 0 aromatic carbocycles. The van der Waals surface area contributed by atoms with Crippen LogP contribution in [0.4, 0.5) is 0 Å². The minimum Gasteiger partial charge on any atom is -0.360 e. The van der Waals surface area contributed by atoms with E-state index in [9.17, 15) is 8.42 Å². The molecule has 0 aliphatic rings. The van der Waals surface area contributed by atoms with Gasteiger partial charge in [0.05, 0.1) is 0 Å². The van der Waals surface area contributed by atoms with Crippen molar-refractivity contribution < 1.29 is 12.9 Å². The Morgan fingerprint density at radius 1 is 1.41 bits per heavy atom. The lowest BCUT2D eigenvalue weighted by molar-refractivity contribution is 0.388. The number of hydrogen-bond acceptors (Lipinski definition) is 4. The highest BCUT2D eigenvalue weighted by Crippen LogP contribution is 2.23. The van der Waals surface area contributed by atoms with Gasteiger partial charge in [-0.3, -0.25) is 0 Å². The first kappa shape index (κ1) is 14.5. The van der Waals surface area contributed by atoms with Crippen LogP contribution in [0.1, 0.15) is 24.8 Å². The lowest BCUT2D eigenvalue weighted by Gasteiger charge is -2.19. The second kappa shape index (κ2) is 5.84. The summed E-state index contributed by atoms with van der Waals surface area (Å²) < 4.78 is 31.0. The van der Waals surface area contributed by atoms with Crippen LogP contribution in [-0.4, -0.2) is 36.8 Å². The molecule has 5 nitrogen and oxygen atoms in total. The standard InChI is InChI=1S/C10H17ClN2O3S/c1-4-13(7-5-6-11)17(14,15)10-8(2)12-16-9(10)3/h4-7H2,1-3H3. The number of aryl methyl sites for hydroxylation is 2. The van der Waals surface area contributed by atoms with Crippen molar-refractivity contribution >= 4 is 21.6 Å². The second-order valence-electron chi connectivity index (χ2n) is 3.69. The van der Waals surface area contributed by atoms with Gasteiger partial charge in [-0.2, -0.15) is 4.31 Å². The molecule has 0 atom stereocenters.